The minimum absolute atomic E-state index is 0.319. The number of nitrogens with zero attached hydrogens (tertiary/aromatic N) is 3. The topological polar surface area (TPSA) is 45.7 Å². The molecule has 0 aliphatic carbocycles. The van der Waals surface area contributed by atoms with E-state index in [0.29, 0.717) is 12.2 Å². The minimum atomic E-state index is -0.319. The molecule has 5 nitrogen and oxygen atoms in total. The van der Waals surface area contributed by atoms with Crippen LogP contribution in [0.15, 0.2) is 82.6 Å². The third-order valence-corrected chi connectivity index (χ3v) is 7.25. The van der Waals surface area contributed by atoms with Crippen LogP contribution >= 0.6 is 11.8 Å². The lowest BCUT2D eigenvalue weighted by Crippen LogP contribution is -2.25. The summed E-state index contributed by atoms with van der Waals surface area (Å²) < 4.78 is 5.35. The molecule has 0 saturated heterocycles. The highest BCUT2D eigenvalue weighted by Gasteiger charge is 2.24. The van der Waals surface area contributed by atoms with Crippen LogP contribution in [-0.4, -0.2) is 49.6 Å². The second-order valence-electron chi connectivity index (χ2n) is 8.85. The number of rotatable bonds is 7. The maximum absolute atomic E-state index is 12.8. The SMILES string of the molecule is CCOC(=O)c1cc(-c2ccc3c(c2)N(CCCN(C)C)c2ccccc2S3)nc2ccccc12. The fourth-order valence-corrected chi connectivity index (χ4v) is 5.55. The maximum atomic E-state index is 12.8. The predicted octanol–water partition coefficient (Wildman–Crippen LogP) is 6.63. The van der Waals surface area contributed by atoms with E-state index in [2.05, 4.69) is 66.4 Å². The summed E-state index contributed by atoms with van der Waals surface area (Å²) in [6, 6.07) is 24.7. The zero-order chi connectivity index (χ0) is 24.4. The summed E-state index contributed by atoms with van der Waals surface area (Å²) in [6.45, 7) is 4.11. The van der Waals surface area contributed by atoms with Crippen molar-refractivity contribution in [3.05, 3.63) is 78.4 Å². The smallest absolute Gasteiger partial charge is 0.338 e. The summed E-state index contributed by atoms with van der Waals surface area (Å²) in [4.78, 5) is 24.8. The lowest BCUT2D eigenvalue weighted by atomic mass is 10.0. The molecule has 178 valence electrons. The Morgan fingerprint density at radius 2 is 1.74 bits per heavy atom. The molecule has 1 aliphatic heterocycles. The fourth-order valence-electron chi connectivity index (χ4n) is 4.48. The number of pyridine rings is 1. The Balaban J connectivity index is 1.59. The molecular weight excluding hydrogens is 454 g/mol. The first-order valence-corrected chi connectivity index (χ1v) is 12.8. The Bertz CT molecular complexity index is 1390. The molecule has 4 aromatic rings. The van der Waals surface area contributed by atoms with Gasteiger partial charge in [0.1, 0.15) is 0 Å². The van der Waals surface area contributed by atoms with E-state index < -0.39 is 0 Å². The number of carbonyl (C=O) groups is 1. The standard InChI is InChI=1S/C29H29N3O2S/c1-4-34-29(33)22-19-24(30-23-11-6-5-10-21(22)23)20-14-15-28-26(18-20)32(17-9-16-31(2)3)25-12-7-8-13-27(25)35-28/h5-8,10-15,18-19H,4,9,16-17H2,1-3H3. The molecule has 3 aromatic carbocycles. The second-order valence-corrected chi connectivity index (χ2v) is 9.94. The van der Waals surface area contributed by atoms with Gasteiger partial charge in [0, 0.05) is 27.3 Å². The summed E-state index contributed by atoms with van der Waals surface area (Å²) in [6.07, 6.45) is 1.05. The van der Waals surface area contributed by atoms with Gasteiger partial charge in [0.15, 0.2) is 0 Å². The number of anilines is 2. The molecule has 0 spiro atoms. The number of benzene rings is 3. The molecule has 0 unspecified atom stereocenters. The summed E-state index contributed by atoms with van der Waals surface area (Å²) >= 11 is 1.80. The van der Waals surface area contributed by atoms with Crippen LogP contribution in [-0.2, 0) is 4.74 Å². The van der Waals surface area contributed by atoms with E-state index >= 15 is 0 Å². The van der Waals surface area contributed by atoms with Crippen molar-refractivity contribution in [1.29, 1.82) is 0 Å². The Hall–Kier alpha value is -3.35. The molecule has 0 atom stereocenters. The first kappa shape index (κ1) is 23.4. The number of para-hydroxylation sites is 2. The average Bonchev–Trinajstić information content (AvgIpc) is 2.87. The molecule has 1 aromatic heterocycles. The van der Waals surface area contributed by atoms with E-state index in [4.69, 9.17) is 9.72 Å². The van der Waals surface area contributed by atoms with E-state index in [1.54, 1.807) is 11.8 Å². The number of fused-ring (bicyclic) bond motifs is 3. The molecule has 0 fully saturated rings. The molecule has 5 rings (SSSR count). The number of aromatic nitrogens is 1. The van der Waals surface area contributed by atoms with Gasteiger partial charge in [-0.1, -0.05) is 48.2 Å². The molecule has 1 aliphatic rings. The third-order valence-electron chi connectivity index (χ3n) is 6.12. The van der Waals surface area contributed by atoms with E-state index in [-0.39, 0.29) is 5.97 Å². The highest BCUT2D eigenvalue weighted by molar-refractivity contribution is 7.99. The van der Waals surface area contributed by atoms with Crippen molar-refractivity contribution >= 4 is 40.0 Å². The lowest BCUT2D eigenvalue weighted by molar-refractivity contribution is 0.0528. The molecular formula is C29H29N3O2S. The number of esters is 1. The van der Waals surface area contributed by atoms with Gasteiger partial charge in [-0.05, 0) is 70.4 Å². The van der Waals surface area contributed by atoms with Crippen molar-refractivity contribution in [2.45, 2.75) is 23.1 Å². The van der Waals surface area contributed by atoms with Crippen molar-refractivity contribution < 1.29 is 9.53 Å². The molecule has 0 N–H and O–H groups in total. The van der Waals surface area contributed by atoms with Gasteiger partial charge in [-0.2, -0.15) is 0 Å². The molecule has 35 heavy (non-hydrogen) atoms. The summed E-state index contributed by atoms with van der Waals surface area (Å²) in [5.41, 5.74) is 5.50. The summed E-state index contributed by atoms with van der Waals surface area (Å²) in [5, 5.41) is 0.808. The Morgan fingerprint density at radius 3 is 2.57 bits per heavy atom. The van der Waals surface area contributed by atoms with Crippen molar-refractivity contribution in [2.75, 3.05) is 38.7 Å². The van der Waals surface area contributed by atoms with Crippen LogP contribution in [0.25, 0.3) is 22.2 Å². The van der Waals surface area contributed by atoms with E-state index in [1.807, 2.05) is 37.3 Å². The van der Waals surface area contributed by atoms with Crippen LogP contribution < -0.4 is 4.90 Å². The number of ether oxygens (including phenoxy) is 1. The highest BCUT2D eigenvalue weighted by Crippen LogP contribution is 2.49. The van der Waals surface area contributed by atoms with Gasteiger partial charge in [-0.25, -0.2) is 9.78 Å². The van der Waals surface area contributed by atoms with Gasteiger partial charge in [0.05, 0.1) is 34.8 Å². The van der Waals surface area contributed by atoms with Crippen LogP contribution in [0.5, 0.6) is 0 Å². The molecule has 6 heteroatoms. The van der Waals surface area contributed by atoms with Gasteiger partial charge < -0.3 is 14.5 Å². The van der Waals surface area contributed by atoms with Crippen LogP contribution in [0.3, 0.4) is 0 Å². The predicted molar refractivity (Wildman–Crippen MR) is 144 cm³/mol. The monoisotopic (exact) mass is 483 g/mol. The van der Waals surface area contributed by atoms with Gasteiger partial charge in [0.2, 0.25) is 0 Å². The Kier molecular flexibility index (Phi) is 6.75. The first-order valence-electron chi connectivity index (χ1n) is 12.0. The fraction of sp³-hybridized carbons (Fsp3) is 0.241. The summed E-state index contributed by atoms with van der Waals surface area (Å²) in [5.74, 6) is -0.319. The lowest BCUT2D eigenvalue weighted by Gasteiger charge is -2.33. The van der Waals surface area contributed by atoms with Crippen molar-refractivity contribution in [3.63, 3.8) is 0 Å². The van der Waals surface area contributed by atoms with Crippen LogP contribution in [0.1, 0.15) is 23.7 Å². The molecule has 0 radical (unpaired) electrons. The number of hydrogen-bond acceptors (Lipinski definition) is 6. The number of carbonyl (C=O) groups excluding carboxylic acids is 1. The van der Waals surface area contributed by atoms with Crippen LogP contribution in [0.4, 0.5) is 11.4 Å². The zero-order valence-corrected chi connectivity index (χ0v) is 21.1. The minimum Gasteiger partial charge on any atom is -0.462 e. The van der Waals surface area contributed by atoms with Gasteiger partial charge in [0.25, 0.3) is 0 Å². The largest absolute Gasteiger partial charge is 0.462 e. The van der Waals surface area contributed by atoms with E-state index in [0.717, 1.165) is 41.7 Å². The number of hydrogen-bond donors (Lipinski definition) is 0. The molecule has 0 amide bonds. The quantitative estimate of drug-likeness (QED) is 0.275. The highest BCUT2D eigenvalue weighted by atomic mass is 32.2. The van der Waals surface area contributed by atoms with Gasteiger partial charge in [-0.15, -0.1) is 0 Å². The van der Waals surface area contributed by atoms with E-state index in [1.165, 1.54) is 21.2 Å². The van der Waals surface area contributed by atoms with Gasteiger partial charge in [-0.3, -0.25) is 0 Å². The Morgan fingerprint density at radius 1 is 0.971 bits per heavy atom. The Labute approximate surface area is 210 Å². The van der Waals surface area contributed by atoms with Crippen LogP contribution in [0, 0.1) is 0 Å². The molecule has 0 bridgehead atoms. The van der Waals surface area contributed by atoms with Crippen molar-refractivity contribution in [2.24, 2.45) is 0 Å². The normalized spacial score (nSPS) is 12.5. The van der Waals surface area contributed by atoms with Crippen LogP contribution in [0.2, 0.25) is 0 Å². The van der Waals surface area contributed by atoms with E-state index in [9.17, 15) is 4.79 Å². The zero-order valence-electron chi connectivity index (χ0n) is 20.3. The average molecular weight is 484 g/mol. The van der Waals surface area contributed by atoms with Crippen molar-refractivity contribution in [3.8, 4) is 11.3 Å². The second kappa shape index (κ2) is 10.1. The molecule has 0 saturated carbocycles. The first-order chi connectivity index (χ1) is 17.0. The summed E-state index contributed by atoms with van der Waals surface area (Å²) in [7, 11) is 4.22. The third kappa shape index (κ3) is 4.77. The van der Waals surface area contributed by atoms with Crippen molar-refractivity contribution in [1.82, 2.24) is 9.88 Å². The van der Waals surface area contributed by atoms with Gasteiger partial charge >= 0.3 is 5.97 Å². The molecule has 2 heterocycles. The maximum Gasteiger partial charge on any atom is 0.338 e.